The summed E-state index contributed by atoms with van der Waals surface area (Å²) in [5, 5.41) is 18.1. The van der Waals surface area contributed by atoms with Crippen molar-refractivity contribution in [3.8, 4) is 5.69 Å². The molecule has 2 aromatic carbocycles. The number of nitro groups is 1. The lowest BCUT2D eigenvalue weighted by Crippen LogP contribution is -2.32. The van der Waals surface area contributed by atoms with Crippen LogP contribution >= 0.6 is 0 Å². The molecule has 0 saturated heterocycles. The van der Waals surface area contributed by atoms with Gasteiger partial charge in [0.05, 0.1) is 17.2 Å². The summed E-state index contributed by atoms with van der Waals surface area (Å²) in [6.45, 7) is 5.75. The summed E-state index contributed by atoms with van der Waals surface area (Å²) in [5.74, 6) is -0.310. The van der Waals surface area contributed by atoms with Crippen molar-refractivity contribution in [1.29, 1.82) is 0 Å². The topological polar surface area (TPSA) is 106 Å². The Bertz CT molecular complexity index is 1050. The van der Waals surface area contributed by atoms with Crippen molar-refractivity contribution in [3.63, 3.8) is 0 Å². The molecule has 9 nitrogen and oxygen atoms in total. The average Bonchev–Trinajstić information content (AvgIpc) is 3.24. The first-order valence-electron chi connectivity index (χ1n) is 9.47. The van der Waals surface area contributed by atoms with Gasteiger partial charge in [0.1, 0.15) is 18.3 Å². The normalized spacial score (nSPS) is 12.0. The molecule has 156 valence electrons. The first-order valence-corrected chi connectivity index (χ1v) is 9.47. The predicted molar refractivity (Wildman–Crippen MR) is 114 cm³/mol. The molecule has 0 aliphatic rings. The van der Waals surface area contributed by atoms with Crippen LogP contribution in [0.1, 0.15) is 29.7 Å². The van der Waals surface area contributed by atoms with Crippen molar-refractivity contribution >= 4 is 17.3 Å². The minimum atomic E-state index is -0.481. The number of hydrogen-bond donors (Lipinski definition) is 1. The number of amides is 1. The Balaban J connectivity index is 1.67. The van der Waals surface area contributed by atoms with Crippen molar-refractivity contribution in [1.82, 2.24) is 19.7 Å². The van der Waals surface area contributed by atoms with Gasteiger partial charge < -0.3 is 5.32 Å². The van der Waals surface area contributed by atoms with Gasteiger partial charge in [-0.2, -0.15) is 5.10 Å². The van der Waals surface area contributed by atoms with E-state index in [-0.39, 0.29) is 29.9 Å². The average molecular weight is 408 g/mol. The molecule has 1 N–H and O–H groups in total. The van der Waals surface area contributed by atoms with E-state index in [0.717, 1.165) is 22.4 Å². The van der Waals surface area contributed by atoms with Crippen LogP contribution in [0.4, 0.5) is 11.4 Å². The molecule has 0 bridgehead atoms. The number of benzene rings is 2. The maximum absolute atomic E-state index is 12.5. The Hall–Kier alpha value is -3.59. The Labute approximate surface area is 174 Å². The molecule has 1 atom stereocenters. The van der Waals surface area contributed by atoms with E-state index in [1.807, 2.05) is 50.1 Å². The van der Waals surface area contributed by atoms with Crippen molar-refractivity contribution in [3.05, 3.63) is 75.9 Å². The number of likely N-dealkylation sites (N-methyl/N-ethyl adjacent to an activating group) is 1. The summed E-state index contributed by atoms with van der Waals surface area (Å²) in [7, 11) is 1.84. The van der Waals surface area contributed by atoms with Crippen molar-refractivity contribution in [2.75, 3.05) is 18.9 Å². The van der Waals surface area contributed by atoms with E-state index in [1.54, 1.807) is 24.0 Å². The van der Waals surface area contributed by atoms with Gasteiger partial charge >= 0.3 is 0 Å². The highest BCUT2D eigenvalue weighted by Gasteiger charge is 2.20. The minimum absolute atomic E-state index is 0.0321. The first kappa shape index (κ1) is 21.1. The highest BCUT2D eigenvalue weighted by molar-refractivity contribution is 5.94. The monoisotopic (exact) mass is 408 g/mol. The largest absolute Gasteiger partial charge is 0.319 e. The molecule has 0 radical (unpaired) electrons. The molecule has 0 saturated carbocycles. The summed E-state index contributed by atoms with van der Waals surface area (Å²) in [6, 6.07) is 10.9. The van der Waals surface area contributed by atoms with Crippen LogP contribution in [0.3, 0.4) is 0 Å². The maximum atomic E-state index is 12.5. The van der Waals surface area contributed by atoms with Crippen LogP contribution in [0.5, 0.6) is 0 Å². The molecule has 0 spiro atoms. The van der Waals surface area contributed by atoms with E-state index in [2.05, 4.69) is 15.4 Å². The third-order valence-electron chi connectivity index (χ3n) is 5.20. The van der Waals surface area contributed by atoms with Crippen LogP contribution in [0.25, 0.3) is 5.69 Å². The number of hydrogen-bond acceptors (Lipinski definition) is 6. The molecule has 0 unspecified atom stereocenters. The Morgan fingerprint density at radius 2 is 1.90 bits per heavy atom. The highest BCUT2D eigenvalue weighted by atomic mass is 16.6. The van der Waals surface area contributed by atoms with Gasteiger partial charge in [-0.15, -0.1) is 0 Å². The lowest BCUT2D eigenvalue weighted by Gasteiger charge is -2.24. The lowest BCUT2D eigenvalue weighted by atomic mass is 10.1. The van der Waals surface area contributed by atoms with Crippen LogP contribution in [0.2, 0.25) is 0 Å². The van der Waals surface area contributed by atoms with Gasteiger partial charge in [-0.3, -0.25) is 19.8 Å². The summed E-state index contributed by atoms with van der Waals surface area (Å²) in [5.41, 5.74) is 3.72. The third-order valence-corrected chi connectivity index (χ3v) is 5.20. The van der Waals surface area contributed by atoms with E-state index in [1.165, 1.54) is 12.4 Å². The van der Waals surface area contributed by atoms with Crippen molar-refractivity contribution < 1.29 is 9.72 Å². The standard InChI is InChI=1S/C21H24N6O3/c1-14-9-19(20(27(29)30)10-15(14)2)24-21(28)11-25(4)16(3)17-5-7-18(8-6-17)26-13-22-12-23-26/h5-10,12-13,16H,11H2,1-4H3,(H,24,28)/t16-/m1/s1. The second-order valence-corrected chi connectivity index (χ2v) is 7.28. The molecule has 1 heterocycles. The van der Waals surface area contributed by atoms with Crippen LogP contribution in [-0.4, -0.2) is 44.1 Å². The molecule has 9 heteroatoms. The van der Waals surface area contributed by atoms with Crippen molar-refractivity contribution in [2.45, 2.75) is 26.8 Å². The van der Waals surface area contributed by atoms with Crippen molar-refractivity contribution in [2.24, 2.45) is 0 Å². The summed E-state index contributed by atoms with van der Waals surface area (Å²) in [4.78, 5) is 29.2. The van der Waals surface area contributed by atoms with Crippen LogP contribution in [0, 0.1) is 24.0 Å². The smallest absolute Gasteiger partial charge is 0.293 e. The Kier molecular flexibility index (Phi) is 6.22. The number of nitrogens with one attached hydrogen (secondary N) is 1. The van der Waals surface area contributed by atoms with Crippen LogP contribution in [-0.2, 0) is 4.79 Å². The fourth-order valence-electron chi connectivity index (χ4n) is 3.11. The number of aryl methyl sites for hydroxylation is 2. The molecular weight excluding hydrogens is 384 g/mol. The fraction of sp³-hybridized carbons (Fsp3) is 0.286. The van der Waals surface area contributed by atoms with Gasteiger partial charge in [0.25, 0.3) is 5.69 Å². The van der Waals surface area contributed by atoms with Gasteiger partial charge in [-0.1, -0.05) is 12.1 Å². The van der Waals surface area contributed by atoms with E-state index < -0.39 is 4.92 Å². The number of carbonyl (C=O) groups is 1. The zero-order valence-corrected chi connectivity index (χ0v) is 17.4. The molecule has 3 aromatic rings. The zero-order chi connectivity index (χ0) is 21.8. The Morgan fingerprint density at radius 1 is 1.23 bits per heavy atom. The van der Waals surface area contributed by atoms with Gasteiger partial charge in [0.2, 0.25) is 5.91 Å². The van der Waals surface area contributed by atoms with Crippen LogP contribution < -0.4 is 5.32 Å². The molecule has 3 rings (SSSR count). The number of nitrogens with zero attached hydrogens (tertiary/aromatic N) is 5. The van der Waals surface area contributed by atoms with Gasteiger partial charge in [-0.05, 0) is 62.7 Å². The molecule has 1 aromatic heterocycles. The first-order chi connectivity index (χ1) is 14.3. The summed E-state index contributed by atoms with van der Waals surface area (Å²) >= 11 is 0. The second-order valence-electron chi connectivity index (χ2n) is 7.28. The SMILES string of the molecule is Cc1cc(NC(=O)CN(C)[C@H](C)c2ccc(-n3cncn3)cc2)c([N+](=O)[O-])cc1C. The van der Waals surface area contributed by atoms with Gasteiger partial charge in [0.15, 0.2) is 0 Å². The van der Waals surface area contributed by atoms with E-state index in [4.69, 9.17) is 0 Å². The van der Waals surface area contributed by atoms with Crippen LogP contribution in [0.15, 0.2) is 49.1 Å². The zero-order valence-electron chi connectivity index (χ0n) is 17.4. The van der Waals surface area contributed by atoms with Gasteiger partial charge in [0, 0.05) is 12.1 Å². The van der Waals surface area contributed by atoms with E-state index in [9.17, 15) is 14.9 Å². The fourth-order valence-corrected chi connectivity index (χ4v) is 3.11. The minimum Gasteiger partial charge on any atom is -0.319 e. The quantitative estimate of drug-likeness (QED) is 0.474. The molecule has 30 heavy (non-hydrogen) atoms. The predicted octanol–water partition coefficient (Wildman–Crippen LogP) is 3.42. The number of anilines is 1. The molecule has 0 fully saturated rings. The highest BCUT2D eigenvalue weighted by Crippen LogP contribution is 2.28. The molecule has 0 aliphatic carbocycles. The van der Waals surface area contributed by atoms with Gasteiger partial charge in [-0.25, -0.2) is 9.67 Å². The lowest BCUT2D eigenvalue weighted by molar-refractivity contribution is -0.384. The third kappa shape index (κ3) is 4.69. The number of carbonyl (C=O) groups excluding carboxylic acids is 1. The number of nitro benzene ring substituents is 1. The number of rotatable bonds is 7. The number of aromatic nitrogens is 3. The molecule has 1 amide bonds. The molecular formula is C21H24N6O3. The summed E-state index contributed by atoms with van der Waals surface area (Å²) < 4.78 is 1.67. The second kappa shape index (κ2) is 8.83. The molecule has 0 aliphatic heterocycles. The van der Waals surface area contributed by atoms with E-state index >= 15 is 0 Å². The maximum Gasteiger partial charge on any atom is 0.293 e. The Morgan fingerprint density at radius 3 is 2.50 bits per heavy atom. The summed E-state index contributed by atoms with van der Waals surface area (Å²) in [6.07, 6.45) is 3.10. The van der Waals surface area contributed by atoms with E-state index in [0.29, 0.717) is 0 Å².